The summed E-state index contributed by atoms with van der Waals surface area (Å²) in [7, 11) is 0. The van der Waals surface area contributed by atoms with Gasteiger partial charge in [0.05, 0.1) is 11.1 Å². The van der Waals surface area contributed by atoms with Gasteiger partial charge in [-0.3, -0.25) is 29.0 Å². The van der Waals surface area contributed by atoms with E-state index in [0.717, 1.165) is 4.90 Å². The molecule has 4 rings (SSSR count). The molecule has 166 valence electrons. The molecule has 0 spiro atoms. The Morgan fingerprint density at radius 1 is 0.879 bits per heavy atom. The minimum absolute atomic E-state index is 0.259. The molecule has 3 aromatic carbocycles. The molecule has 1 N–H and O–H groups in total. The highest BCUT2D eigenvalue weighted by atomic mass is 35.5. The third-order valence-electron chi connectivity index (χ3n) is 5.35. The van der Waals surface area contributed by atoms with Gasteiger partial charge in [-0.2, -0.15) is 0 Å². The summed E-state index contributed by atoms with van der Waals surface area (Å²) in [5, 5.41) is 3.29. The maximum Gasteiger partial charge on any atom is 0.262 e. The van der Waals surface area contributed by atoms with E-state index in [0.29, 0.717) is 16.4 Å². The summed E-state index contributed by atoms with van der Waals surface area (Å²) in [5.74, 6) is -2.06. The zero-order valence-corrected chi connectivity index (χ0v) is 18.5. The summed E-state index contributed by atoms with van der Waals surface area (Å²) in [6, 6.07) is 20.7. The minimum Gasteiger partial charge on any atom is -0.324 e. The summed E-state index contributed by atoms with van der Waals surface area (Å²) in [6.45, 7) is 1.10. The van der Waals surface area contributed by atoms with Gasteiger partial charge in [0.15, 0.2) is 0 Å². The average Bonchev–Trinajstić information content (AvgIpc) is 3.06. The first-order valence-corrected chi connectivity index (χ1v) is 10.6. The van der Waals surface area contributed by atoms with Crippen LogP contribution in [0.3, 0.4) is 0 Å². The Bertz CT molecular complexity index is 1190. The van der Waals surface area contributed by atoms with E-state index in [-0.39, 0.29) is 11.1 Å². The van der Waals surface area contributed by atoms with Crippen molar-refractivity contribution >= 4 is 46.6 Å². The van der Waals surface area contributed by atoms with Crippen molar-refractivity contribution in [3.63, 3.8) is 0 Å². The van der Waals surface area contributed by atoms with Crippen molar-refractivity contribution in [3.05, 3.63) is 95.0 Å². The van der Waals surface area contributed by atoms with E-state index in [1.807, 2.05) is 0 Å². The van der Waals surface area contributed by atoms with E-state index in [9.17, 15) is 19.2 Å². The normalized spacial score (nSPS) is 13.5. The Balaban J connectivity index is 1.58. The van der Waals surface area contributed by atoms with Gasteiger partial charge in [-0.15, -0.1) is 0 Å². The SMILES string of the molecule is CC(C(=O)Nc1ccc(Cl)cc1)N(C(=O)CN1C(=O)c2ccccc2C1=O)c1ccccc1. The van der Waals surface area contributed by atoms with Gasteiger partial charge in [-0.05, 0) is 55.5 Å². The number of amides is 4. The predicted molar refractivity (Wildman–Crippen MR) is 125 cm³/mol. The van der Waals surface area contributed by atoms with Crippen LogP contribution in [0.15, 0.2) is 78.9 Å². The number of para-hydroxylation sites is 1. The lowest BCUT2D eigenvalue weighted by Crippen LogP contribution is -2.50. The number of hydrogen-bond acceptors (Lipinski definition) is 4. The van der Waals surface area contributed by atoms with Crippen LogP contribution in [-0.2, 0) is 9.59 Å². The quantitative estimate of drug-likeness (QED) is 0.562. The van der Waals surface area contributed by atoms with Crippen molar-refractivity contribution < 1.29 is 19.2 Å². The minimum atomic E-state index is -0.925. The summed E-state index contributed by atoms with van der Waals surface area (Å²) in [6.07, 6.45) is 0. The van der Waals surface area contributed by atoms with Crippen molar-refractivity contribution in [2.24, 2.45) is 0 Å². The van der Waals surface area contributed by atoms with E-state index in [1.54, 1.807) is 85.8 Å². The molecule has 1 aliphatic rings. The highest BCUT2D eigenvalue weighted by Crippen LogP contribution is 2.24. The summed E-state index contributed by atoms with van der Waals surface area (Å²) in [4.78, 5) is 54.0. The molecule has 1 unspecified atom stereocenters. The fourth-order valence-corrected chi connectivity index (χ4v) is 3.79. The molecule has 1 atom stereocenters. The molecule has 0 saturated heterocycles. The molecule has 3 aromatic rings. The molecule has 0 aliphatic carbocycles. The van der Waals surface area contributed by atoms with Gasteiger partial charge >= 0.3 is 0 Å². The summed E-state index contributed by atoms with van der Waals surface area (Å²) < 4.78 is 0. The van der Waals surface area contributed by atoms with E-state index in [1.165, 1.54) is 4.90 Å². The Morgan fingerprint density at radius 3 is 2.00 bits per heavy atom. The molecule has 8 heteroatoms. The van der Waals surface area contributed by atoms with Crippen LogP contribution >= 0.6 is 11.6 Å². The Hall–Kier alpha value is -3.97. The van der Waals surface area contributed by atoms with Crippen molar-refractivity contribution in [2.75, 3.05) is 16.8 Å². The predicted octanol–water partition coefficient (Wildman–Crippen LogP) is 4.00. The molecule has 0 radical (unpaired) electrons. The van der Waals surface area contributed by atoms with E-state index in [4.69, 9.17) is 11.6 Å². The second kappa shape index (κ2) is 9.26. The maximum absolute atomic E-state index is 13.4. The molecule has 0 bridgehead atoms. The first kappa shape index (κ1) is 22.2. The topological polar surface area (TPSA) is 86.8 Å². The van der Waals surface area contributed by atoms with Crippen LogP contribution in [0.2, 0.25) is 5.02 Å². The van der Waals surface area contributed by atoms with Crippen LogP contribution in [-0.4, -0.2) is 41.1 Å². The lowest BCUT2D eigenvalue weighted by atomic mass is 10.1. The zero-order chi connectivity index (χ0) is 23.5. The molecule has 0 saturated carbocycles. The fourth-order valence-electron chi connectivity index (χ4n) is 3.66. The molecular weight excluding hydrogens is 442 g/mol. The van der Waals surface area contributed by atoms with Crippen LogP contribution in [0.4, 0.5) is 11.4 Å². The van der Waals surface area contributed by atoms with E-state index >= 15 is 0 Å². The molecule has 0 fully saturated rings. The van der Waals surface area contributed by atoms with Gasteiger partial charge in [-0.25, -0.2) is 0 Å². The number of rotatable bonds is 6. The van der Waals surface area contributed by atoms with Gasteiger partial charge < -0.3 is 5.32 Å². The highest BCUT2D eigenvalue weighted by molar-refractivity contribution is 6.30. The molecule has 33 heavy (non-hydrogen) atoms. The second-order valence-corrected chi connectivity index (χ2v) is 7.95. The van der Waals surface area contributed by atoms with Crippen LogP contribution in [0.5, 0.6) is 0 Å². The molecule has 7 nitrogen and oxygen atoms in total. The van der Waals surface area contributed by atoms with Crippen LogP contribution in [0, 0.1) is 0 Å². The van der Waals surface area contributed by atoms with Gasteiger partial charge in [0.2, 0.25) is 11.8 Å². The van der Waals surface area contributed by atoms with Crippen molar-refractivity contribution in [1.29, 1.82) is 0 Å². The lowest BCUT2D eigenvalue weighted by molar-refractivity contribution is -0.123. The molecule has 4 amide bonds. The number of fused-ring (bicyclic) bond motifs is 1. The number of benzene rings is 3. The first-order chi connectivity index (χ1) is 15.9. The largest absolute Gasteiger partial charge is 0.324 e. The number of carbonyl (C=O) groups is 4. The number of nitrogens with zero attached hydrogens (tertiary/aromatic N) is 2. The van der Waals surface area contributed by atoms with Crippen molar-refractivity contribution in [2.45, 2.75) is 13.0 Å². The standard InChI is InChI=1S/C25H20ClN3O4/c1-16(23(31)27-18-13-11-17(26)12-14-18)29(19-7-3-2-4-8-19)22(30)15-28-24(32)20-9-5-6-10-21(20)25(28)33/h2-14,16H,15H2,1H3,(H,27,31). The second-order valence-electron chi connectivity index (χ2n) is 7.51. The molecular formula is C25H20ClN3O4. The Morgan fingerprint density at radius 2 is 1.42 bits per heavy atom. The summed E-state index contributed by atoms with van der Waals surface area (Å²) >= 11 is 5.90. The van der Waals surface area contributed by atoms with Gasteiger partial charge in [0.25, 0.3) is 11.8 Å². The monoisotopic (exact) mass is 461 g/mol. The summed E-state index contributed by atoms with van der Waals surface area (Å²) in [5.41, 5.74) is 1.51. The number of anilines is 2. The number of imide groups is 1. The molecule has 0 aromatic heterocycles. The molecule has 1 heterocycles. The smallest absolute Gasteiger partial charge is 0.262 e. The third-order valence-corrected chi connectivity index (χ3v) is 5.61. The third kappa shape index (κ3) is 4.49. The Kier molecular flexibility index (Phi) is 6.24. The number of carbonyl (C=O) groups excluding carboxylic acids is 4. The van der Waals surface area contributed by atoms with Crippen LogP contribution < -0.4 is 10.2 Å². The first-order valence-electron chi connectivity index (χ1n) is 10.3. The van der Waals surface area contributed by atoms with Gasteiger partial charge in [0.1, 0.15) is 12.6 Å². The lowest BCUT2D eigenvalue weighted by Gasteiger charge is -2.30. The maximum atomic E-state index is 13.4. The molecule has 1 aliphatic heterocycles. The number of halogens is 1. The fraction of sp³-hybridized carbons (Fsp3) is 0.120. The highest BCUT2D eigenvalue weighted by Gasteiger charge is 2.38. The van der Waals surface area contributed by atoms with Crippen LogP contribution in [0.1, 0.15) is 27.6 Å². The van der Waals surface area contributed by atoms with Gasteiger partial charge in [-0.1, -0.05) is 41.9 Å². The van der Waals surface area contributed by atoms with Gasteiger partial charge in [0, 0.05) is 16.4 Å². The number of nitrogens with one attached hydrogen (secondary N) is 1. The average molecular weight is 462 g/mol. The van der Waals surface area contributed by atoms with Crippen LogP contribution in [0.25, 0.3) is 0 Å². The van der Waals surface area contributed by atoms with Crippen molar-refractivity contribution in [1.82, 2.24) is 4.90 Å². The van der Waals surface area contributed by atoms with E-state index < -0.39 is 36.2 Å². The zero-order valence-electron chi connectivity index (χ0n) is 17.7. The Labute approximate surface area is 195 Å². The van der Waals surface area contributed by atoms with E-state index in [2.05, 4.69) is 5.32 Å². The number of hydrogen-bond donors (Lipinski definition) is 1. The van der Waals surface area contributed by atoms with Crippen molar-refractivity contribution in [3.8, 4) is 0 Å².